The summed E-state index contributed by atoms with van der Waals surface area (Å²) in [7, 11) is 0. The van der Waals surface area contributed by atoms with Gasteiger partial charge in [-0.1, -0.05) is 0 Å². The van der Waals surface area contributed by atoms with Crippen molar-refractivity contribution in [2.75, 3.05) is 25.0 Å². The molecular weight excluding hydrogens is 296 g/mol. The number of halogens is 1. The van der Waals surface area contributed by atoms with E-state index < -0.39 is 0 Å². The van der Waals surface area contributed by atoms with Crippen LogP contribution in [0.15, 0.2) is 11.4 Å². The van der Waals surface area contributed by atoms with Crippen LogP contribution in [0.2, 0.25) is 5.28 Å². The van der Waals surface area contributed by atoms with Gasteiger partial charge in [0, 0.05) is 26.1 Å². The molecule has 0 aliphatic carbocycles. The summed E-state index contributed by atoms with van der Waals surface area (Å²) in [6.07, 6.45) is 2.59. The summed E-state index contributed by atoms with van der Waals surface area (Å²) in [6.45, 7) is 2.46. The molecule has 1 aliphatic rings. The average Bonchev–Trinajstić information content (AvgIpc) is 3.03. The quantitative estimate of drug-likeness (QED) is 0.681. The van der Waals surface area contributed by atoms with Crippen LogP contribution in [0, 0.1) is 0 Å². The van der Waals surface area contributed by atoms with Crippen LogP contribution in [0.25, 0.3) is 10.2 Å². The number of nitrogens with zero attached hydrogens (tertiary/aromatic N) is 3. The van der Waals surface area contributed by atoms with E-state index in [0.717, 1.165) is 48.5 Å². The first-order valence-electron chi connectivity index (χ1n) is 6.66. The van der Waals surface area contributed by atoms with Crippen molar-refractivity contribution >= 4 is 44.9 Å². The van der Waals surface area contributed by atoms with E-state index >= 15 is 0 Å². The van der Waals surface area contributed by atoms with E-state index in [0.29, 0.717) is 6.42 Å². The molecule has 0 aromatic carbocycles. The largest absolute Gasteiger partial charge is 0.369 e. The second kappa shape index (κ2) is 5.93. The molecule has 3 rings (SSSR count). The van der Waals surface area contributed by atoms with Crippen molar-refractivity contribution in [1.82, 2.24) is 14.9 Å². The highest BCUT2D eigenvalue weighted by Gasteiger charge is 2.19. The predicted molar refractivity (Wildman–Crippen MR) is 81.3 cm³/mol. The molecule has 2 aromatic heterocycles. The third-order valence-electron chi connectivity index (χ3n) is 3.37. The van der Waals surface area contributed by atoms with Crippen LogP contribution in [0.3, 0.4) is 0 Å². The lowest BCUT2D eigenvalue weighted by molar-refractivity contribution is -0.127. The lowest BCUT2D eigenvalue weighted by Crippen LogP contribution is -2.27. The number of likely N-dealkylation sites (tertiary alicyclic amines) is 1. The molecule has 5 nitrogen and oxygen atoms in total. The van der Waals surface area contributed by atoms with Gasteiger partial charge in [0.05, 0.1) is 5.39 Å². The highest BCUT2D eigenvalue weighted by Crippen LogP contribution is 2.26. The van der Waals surface area contributed by atoms with Gasteiger partial charge in [0.25, 0.3) is 0 Å². The van der Waals surface area contributed by atoms with E-state index in [-0.39, 0.29) is 11.2 Å². The fourth-order valence-corrected chi connectivity index (χ4v) is 3.36. The Balaban J connectivity index is 1.57. The number of carbonyl (C=O) groups excluding carboxylic acids is 1. The van der Waals surface area contributed by atoms with Crippen molar-refractivity contribution < 1.29 is 4.79 Å². The Morgan fingerprint density at radius 1 is 1.45 bits per heavy atom. The Hall–Kier alpha value is -1.40. The van der Waals surface area contributed by atoms with Gasteiger partial charge in [-0.2, -0.15) is 0 Å². The van der Waals surface area contributed by atoms with Gasteiger partial charge in [-0.15, -0.1) is 11.3 Å². The predicted octanol–water partition coefficient (Wildman–Crippen LogP) is 2.77. The highest BCUT2D eigenvalue weighted by molar-refractivity contribution is 7.16. The average molecular weight is 311 g/mol. The minimum absolute atomic E-state index is 0.261. The topological polar surface area (TPSA) is 58.1 Å². The minimum atomic E-state index is 0.261. The molecule has 1 amide bonds. The summed E-state index contributed by atoms with van der Waals surface area (Å²) in [5.41, 5.74) is 0. The lowest BCUT2D eigenvalue weighted by atomic mass is 10.3. The van der Waals surface area contributed by atoms with Gasteiger partial charge in [-0.25, -0.2) is 9.97 Å². The Morgan fingerprint density at radius 3 is 3.15 bits per heavy atom. The maximum absolute atomic E-state index is 11.5. The summed E-state index contributed by atoms with van der Waals surface area (Å²) in [5.74, 6) is 1.05. The molecule has 0 bridgehead atoms. The Kier molecular flexibility index (Phi) is 4.03. The van der Waals surface area contributed by atoms with E-state index in [1.807, 2.05) is 16.3 Å². The van der Waals surface area contributed by atoms with Crippen LogP contribution < -0.4 is 5.32 Å². The van der Waals surface area contributed by atoms with Crippen LogP contribution in [0.5, 0.6) is 0 Å². The van der Waals surface area contributed by atoms with Gasteiger partial charge >= 0.3 is 0 Å². The summed E-state index contributed by atoms with van der Waals surface area (Å²) in [5, 5.41) is 6.52. The third-order valence-corrected chi connectivity index (χ3v) is 4.34. The van der Waals surface area contributed by atoms with E-state index in [9.17, 15) is 4.79 Å². The monoisotopic (exact) mass is 310 g/mol. The second-order valence-corrected chi connectivity index (χ2v) is 5.98. The van der Waals surface area contributed by atoms with Crippen molar-refractivity contribution in [1.29, 1.82) is 0 Å². The molecule has 1 N–H and O–H groups in total. The van der Waals surface area contributed by atoms with Gasteiger partial charge in [-0.05, 0) is 35.9 Å². The number of rotatable bonds is 5. The fourth-order valence-electron chi connectivity index (χ4n) is 2.38. The van der Waals surface area contributed by atoms with Gasteiger partial charge in [-0.3, -0.25) is 4.79 Å². The lowest BCUT2D eigenvalue weighted by Gasteiger charge is -2.15. The first kappa shape index (κ1) is 13.6. The fraction of sp³-hybridized carbons (Fsp3) is 0.462. The highest BCUT2D eigenvalue weighted by atomic mass is 35.5. The molecule has 1 aliphatic heterocycles. The molecule has 20 heavy (non-hydrogen) atoms. The zero-order valence-electron chi connectivity index (χ0n) is 10.9. The molecule has 1 fully saturated rings. The maximum atomic E-state index is 11.5. The Labute approximate surface area is 126 Å². The van der Waals surface area contributed by atoms with Crippen molar-refractivity contribution in [3.8, 4) is 0 Å². The molecular formula is C13H15ClN4OS. The van der Waals surface area contributed by atoms with Gasteiger partial charge in [0.15, 0.2) is 0 Å². The number of hydrogen-bond acceptors (Lipinski definition) is 5. The standard InChI is InChI=1S/C13H15ClN4OS/c14-13-16-11(9-4-8-20-12(9)17-13)15-5-2-7-18-6-1-3-10(18)19/h4,8H,1-3,5-7H2,(H,15,16,17). The van der Waals surface area contributed by atoms with Crippen molar-refractivity contribution in [2.24, 2.45) is 0 Å². The number of aromatic nitrogens is 2. The third kappa shape index (κ3) is 2.86. The molecule has 0 atom stereocenters. The van der Waals surface area contributed by atoms with Gasteiger partial charge < -0.3 is 10.2 Å². The summed E-state index contributed by atoms with van der Waals surface area (Å²) in [4.78, 5) is 22.7. The first-order chi connectivity index (χ1) is 9.74. The van der Waals surface area contributed by atoms with Crippen LogP contribution in [0.4, 0.5) is 5.82 Å². The molecule has 0 radical (unpaired) electrons. The summed E-state index contributed by atoms with van der Waals surface area (Å²) in [6, 6.07) is 1.99. The Morgan fingerprint density at radius 2 is 2.35 bits per heavy atom. The smallest absolute Gasteiger partial charge is 0.225 e. The number of carbonyl (C=O) groups is 1. The second-order valence-electron chi connectivity index (χ2n) is 4.75. The molecule has 0 saturated carbocycles. The van der Waals surface area contributed by atoms with Crippen LogP contribution in [0.1, 0.15) is 19.3 Å². The summed E-state index contributed by atoms with van der Waals surface area (Å²) >= 11 is 7.45. The number of hydrogen-bond donors (Lipinski definition) is 1. The molecule has 1 saturated heterocycles. The van der Waals surface area contributed by atoms with Crippen LogP contribution in [-0.2, 0) is 4.79 Å². The minimum Gasteiger partial charge on any atom is -0.369 e. The Bertz CT molecular complexity index is 630. The number of nitrogens with one attached hydrogen (secondary N) is 1. The number of fused-ring (bicyclic) bond motifs is 1. The van der Waals surface area contributed by atoms with Crippen molar-refractivity contribution in [3.63, 3.8) is 0 Å². The molecule has 0 spiro atoms. The molecule has 3 heterocycles. The van der Waals surface area contributed by atoms with E-state index in [1.54, 1.807) is 11.3 Å². The summed E-state index contributed by atoms with van der Waals surface area (Å²) < 4.78 is 0. The van der Waals surface area contributed by atoms with Crippen LogP contribution in [-0.4, -0.2) is 40.4 Å². The normalized spacial score (nSPS) is 15.2. The maximum Gasteiger partial charge on any atom is 0.225 e. The number of anilines is 1. The van der Waals surface area contributed by atoms with Crippen LogP contribution >= 0.6 is 22.9 Å². The molecule has 7 heteroatoms. The van der Waals surface area contributed by atoms with Gasteiger partial charge in [0.2, 0.25) is 11.2 Å². The molecule has 106 valence electrons. The number of amides is 1. The zero-order chi connectivity index (χ0) is 13.9. The van der Waals surface area contributed by atoms with Crippen molar-refractivity contribution in [2.45, 2.75) is 19.3 Å². The van der Waals surface area contributed by atoms with E-state index in [4.69, 9.17) is 11.6 Å². The zero-order valence-corrected chi connectivity index (χ0v) is 12.5. The SMILES string of the molecule is O=C1CCCN1CCCNc1nc(Cl)nc2sccc12. The molecule has 0 unspecified atom stereocenters. The first-order valence-corrected chi connectivity index (χ1v) is 7.92. The van der Waals surface area contributed by atoms with Gasteiger partial charge in [0.1, 0.15) is 10.6 Å². The molecule has 2 aromatic rings. The van der Waals surface area contributed by atoms with E-state index in [1.165, 1.54) is 0 Å². The number of thiophene rings is 1. The van der Waals surface area contributed by atoms with Crippen molar-refractivity contribution in [3.05, 3.63) is 16.7 Å². The van der Waals surface area contributed by atoms with E-state index in [2.05, 4.69) is 15.3 Å².